The second-order valence-electron chi connectivity index (χ2n) is 6.78. The van der Waals surface area contributed by atoms with Crippen molar-refractivity contribution in [2.75, 3.05) is 0 Å². The van der Waals surface area contributed by atoms with Gasteiger partial charge in [-0.2, -0.15) is 0 Å². The molecule has 27 heavy (non-hydrogen) atoms. The summed E-state index contributed by atoms with van der Waals surface area (Å²) in [6.45, 7) is 2.27. The highest BCUT2D eigenvalue weighted by Gasteiger charge is 2.23. The van der Waals surface area contributed by atoms with E-state index in [2.05, 4.69) is 27.1 Å². The molecule has 4 aromatic rings. The number of nitrogens with one attached hydrogen (secondary N) is 2. The minimum Gasteiger partial charge on any atom is -0.309 e. The van der Waals surface area contributed by atoms with Crippen molar-refractivity contribution >= 4 is 44.7 Å². The highest BCUT2D eigenvalue weighted by molar-refractivity contribution is 7.98. The molecule has 4 aromatic heterocycles. The average molecular weight is 416 g/mol. The van der Waals surface area contributed by atoms with Crippen LogP contribution in [0.25, 0.3) is 20.9 Å². The van der Waals surface area contributed by atoms with Crippen LogP contribution in [0.2, 0.25) is 0 Å². The van der Waals surface area contributed by atoms with E-state index in [4.69, 9.17) is 4.98 Å². The predicted octanol–water partition coefficient (Wildman–Crippen LogP) is 4.25. The molecule has 0 amide bonds. The molecule has 138 valence electrons. The lowest BCUT2D eigenvalue weighted by atomic mass is 9.89. The van der Waals surface area contributed by atoms with Gasteiger partial charge in [-0.1, -0.05) is 24.8 Å². The molecule has 0 fully saturated rings. The summed E-state index contributed by atoms with van der Waals surface area (Å²) in [6.07, 6.45) is 3.19. The number of thioether (sulfide) groups is 1. The Morgan fingerprint density at radius 2 is 2.30 bits per heavy atom. The lowest BCUT2D eigenvalue weighted by molar-refractivity contribution is 0.509. The van der Waals surface area contributed by atoms with Crippen LogP contribution < -0.4 is 5.56 Å². The fourth-order valence-electron chi connectivity index (χ4n) is 3.43. The van der Waals surface area contributed by atoms with E-state index in [-0.39, 0.29) is 5.56 Å². The molecule has 0 bridgehead atoms. The SMILES string of the molecule is C[C@@H]1CCc2c(sc3nc(CSc4n[nH]c(-c5cccs5)n4)[nH]c(=O)c23)C1. The van der Waals surface area contributed by atoms with Crippen molar-refractivity contribution in [3.8, 4) is 10.7 Å². The molecule has 0 spiro atoms. The molecule has 4 heterocycles. The molecule has 6 nitrogen and oxygen atoms in total. The lowest BCUT2D eigenvalue weighted by Crippen LogP contribution is -2.14. The van der Waals surface area contributed by atoms with Gasteiger partial charge in [0.2, 0.25) is 5.16 Å². The summed E-state index contributed by atoms with van der Waals surface area (Å²) in [4.78, 5) is 28.1. The summed E-state index contributed by atoms with van der Waals surface area (Å²) in [5.41, 5.74) is 1.20. The van der Waals surface area contributed by atoms with E-state index >= 15 is 0 Å². The minimum absolute atomic E-state index is 0.0167. The van der Waals surface area contributed by atoms with Crippen LogP contribution in [-0.2, 0) is 18.6 Å². The number of nitrogens with zero attached hydrogens (tertiary/aromatic N) is 3. The fourth-order valence-corrected chi connectivity index (χ4v) is 6.16. The van der Waals surface area contributed by atoms with E-state index in [0.29, 0.717) is 22.7 Å². The number of thiophene rings is 2. The van der Waals surface area contributed by atoms with Gasteiger partial charge in [-0.25, -0.2) is 9.97 Å². The standard InChI is InChI=1S/C18H17N5OS3/c1-9-4-5-10-12(7-9)27-17-14(10)16(24)19-13(20-17)8-26-18-21-15(22-23-18)11-3-2-6-25-11/h2-3,6,9H,4-5,7-8H2,1H3,(H,19,20,24)(H,21,22,23)/t9-/m1/s1. The largest absolute Gasteiger partial charge is 0.309 e. The summed E-state index contributed by atoms with van der Waals surface area (Å²) in [6, 6.07) is 3.99. The molecule has 0 saturated carbocycles. The molecule has 0 aliphatic heterocycles. The van der Waals surface area contributed by atoms with Crippen molar-refractivity contribution in [3.63, 3.8) is 0 Å². The number of hydrogen-bond donors (Lipinski definition) is 2. The fraction of sp³-hybridized carbons (Fsp3) is 0.333. The molecule has 2 N–H and O–H groups in total. The maximum Gasteiger partial charge on any atom is 0.259 e. The highest BCUT2D eigenvalue weighted by Crippen LogP contribution is 2.35. The van der Waals surface area contributed by atoms with Gasteiger partial charge in [0, 0.05) is 4.88 Å². The van der Waals surface area contributed by atoms with E-state index in [0.717, 1.165) is 40.2 Å². The zero-order valence-electron chi connectivity index (χ0n) is 14.6. The third kappa shape index (κ3) is 3.24. The maximum atomic E-state index is 12.7. The molecule has 5 rings (SSSR count). The van der Waals surface area contributed by atoms with Crippen LogP contribution in [0.1, 0.15) is 29.6 Å². The van der Waals surface area contributed by atoms with Crippen LogP contribution in [0.3, 0.4) is 0 Å². The first kappa shape index (κ1) is 17.2. The molecule has 9 heteroatoms. The normalized spacial score (nSPS) is 16.7. The molecule has 1 atom stereocenters. The van der Waals surface area contributed by atoms with E-state index in [1.807, 2.05) is 17.5 Å². The number of aromatic nitrogens is 5. The van der Waals surface area contributed by atoms with Gasteiger partial charge in [0.05, 0.1) is 16.0 Å². The Morgan fingerprint density at radius 1 is 1.37 bits per heavy atom. The van der Waals surface area contributed by atoms with Crippen molar-refractivity contribution in [3.05, 3.63) is 44.1 Å². The van der Waals surface area contributed by atoms with Gasteiger partial charge < -0.3 is 4.98 Å². The van der Waals surface area contributed by atoms with Crippen LogP contribution in [0.15, 0.2) is 27.5 Å². The molecule has 0 unspecified atom stereocenters. The van der Waals surface area contributed by atoms with Crippen LogP contribution in [0.4, 0.5) is 0 Å². The van der Waals surface area contributed by atoms with Crippen LogP contribution >= 0.6 is 34.4 Å². The Kier molecular flexibility index (Phi) is 4.37. The maximum absolute atomic E-state index is 12.7. The van der Waals surface area contributed by atoms with Gasteiger partial charge >= 0.3 is 0 Å². The van der Waals surface area contributed by atoms with Crippen molar-refractivity contribution < 1.29 is 0 Å². The second-order valence-corrected chi connectivity index (χ2v) is 9.75. The van der Waals surface area contributed by atoms with Crippen molar-refractivity contribution in [1.29, 1.82) is 0 Å². The Balaban J connectivity index is 1.39. The molecular weight excluding hydrogens is 398 g/mol. The summed E-state index contributed by atoms with van der Waals surface area (Å²) in [7, 11) is 0. The van der Waals surface area contributed by atoms with Crippen LogP contribution in [0.5, 0.6) is 0 Å². The number of rotatable bonds is 4. The van der Waals surface area contributed by atoms with Crippen molar-refractivity contribution in [1.82, 2.24) is 25.1 Å². The van der Waals surface area contributed by atoms with Gasteiger partial charge in [-0.05, 0) is 42.2 Å². The highest BCUT2D eigenvalue weighted by atomic mass is 32.2. The number of fused-ring (bicyclic) bond motifs is 3. The monoisotopic (exact) mass is 415 g/mol. The Morgan fingerprint density at radius 3 is 3.15 bits per heavy atom. The molecule has 1 aliphatic carbocycles. The van der Waals surface area contributed by atoms with Crippen LogP contribution in [0, 0.1) is 5.92 Å². The number of H-pyrrole nitrogens is 2. The lowest BCUT2D eigenvalue weighted by Gasteiger charge is -2.17. The summed E-state index contributed by atoms with van der Waals surface area (Å²) in [5.74, 6) is 2.66. The molecular formula is C18H17N5OS3. The Bertz CT molecular complexity index is 1160. The molecule has 1 aliphatic rings. The van der Waals surface area contributed by atoms with Gasteiger partial charge in [0.1, 0.15) is 10.7 Å². The molecule has 0 radical (unpaired) electrons. The van der Waals surface area contributed by atoms with Crippen LogP contribution in [-0.4, -0.2) is 25.1 Å². The first-order valence-electron chi connectivity index (χ1n) is 8.80. The van der Waals surface area contributed by atoms with E-state index < -0.39 is 0 Å². The van der Waals surface area contributed by atoms with Gasteiger partial charge in [-0.15, -0.1) is 27.8 Å². The zero-order valence-corrected chi connectivity index (χ0v) is 17.1. The third-order valence-corrected chi connectivity index (χ3v) is 7.66. The number of aromatic amines is 2. The van der Waals surface area contributed by atoms with E-state index in [9.17, 15) is 4.79 Å². The third-order valence-electron chi connectivity index (χ3n) is 4.77. The van der Waals surface area contributed by atoms with E-state index in [1.165, 1.54) is 22.2 Å². The first-order valence-corrected chi connectivity index (χ1v) is 11.5. The van der Waals surface area contributed by atoms with Crippen molar-refractivity contribution in [2.24, 2.45) is 5.92 Å². The smallest absolute Gasteiger partial charge is 0.259 e. The first-order chi connectivity index (χ1) is 13.2. The summed E-state index contributed by atoms with van der Waals surface area (Å²) < 4.78 is 0. The van der Waals surface area contributed by atoms with Gasteiger partial charge in [0.25, 0.3) is 5.56 Å². The number of aryl methyl sites for hydroxylation is 1. The Hall–Kier alpha value is -1.97. The van der Waals surface area contributed by atoms with Gasteiger partial charge in [-0.3, -0.25) is 9.89 Å². The quantitative estimate of drug-likeness (QED) is 0.487. The number of hydrogen-bond acceptors (Lipinski definition) is 7. The topological polar surface area (TPSA) is 87.3 Å². The summed E-state index contributed by atoms with van der Waals surface area (Å²) in [5, 5.41) is 10.7. The minimum atomic E-state index is -0.0167. The second kappa shape index (κ2) is 6.88. The predicted molar refractivity (Wildman–Crippen MR) is 111 cm³/mol. The molecule has 0 saturated heterocycles. The van der Waals surface area contributed by atoms with E-state index in [1.54, 1.807) is 22.7 Å². The zero-order chi connectivity index (χ0) is 18.4. The Labute approximate surface area is 167 Å². The molecule has 0 aromatic carbocycles. The summed E-state index contributed by atoms with van der Waals surface area (Å²) >= 11 is 4.77. The van der Waals surface area contributed by atoms with Gasteiger partial charge in [0.15, 0.2) is 5.82 Å². The van der Waals surface area contributed by atoms with Crippen molar-refractivity contribution in [2.45, 2.75) is 37.1 Å². The average Bonchev–Trinajstić information content (AvgIpc) is 3.38.